The van der Waals surface area contributed by atoms with Gasteiger partial charge in [-0.05, 0) is 30.3 Å². The van der Waals surface area contributed by atoms with Crippen LogP contribution in [-0.2, 0) is 16.0 Å². The molecule has 1 amide bonds. The highest BCUT2D eigenvalue weighted by molar-refractivity contribution is 5.81. The van der Waals surface area contributed by atoms with Crippen LogP contribution in [-0.4, -0.2) is 38.3 Å². The van der Waals surface area contributed by atoms with Gasteiger partial charge in [-0.25, -0.2) is 4.39 Å². The van der Waals surface area contributed by atoms with E-state index in [4.69, 9.17) is 14.2 Å². The lowest BCUT2D eigenvalue weighted by atomic mass is 10.0. The molecule has 150 valence electrons. The molecule has 0 spiro atoms. The molecule has 0 bridgehead atoms. The third-order valence-electron chi connectivity index (χ3n) is 4.12. The molecular weight excluding hydrogens is 369 g/mol. The van der Waals surface area contributed by atoms with Crippen LogP contribution in [0.5, 0.6) is 17.2 Å². The van der Waals surface area contributed by atoms with E-state index in [1.807, 2.05) is 0 Å². The standard InChI is InChI=1S/C20H22FNO6/c1-26-14-5-6-15(18(10-14)28-3)16(11-20(24)25)22-19(23)9-12-8-13(21)4-7-17(12)27-2/h4-8,10,16H,9,11H2,1-3H3,(H,22,23)(H,24,25). The van der Waals surface area contributed by atoms with E-state index in [1.165, 1.54) is 39.5 Å². The molecular formula is C20H22FNO6. The number of aliphatic carboxylic acids is 1. The highest BCUT2D eigenvalue weighted by Crippen LogP contribution is 2.31. The summed E-state index contributed by atoms with van der Waals surface area (Å²) in [5.41, 5.74) is 0.848. The first-order chi connectivity index (χ1) is 13.4. The molecule has 0 heterocycles. The van der Waals surface area contributed by atoms with Crippen LogP contribution in [0.25, 0.3) is 0 Å². The maximum absolute atomic E-state index is 13.5. The Balaban J connectivity index is 2.26. The van der Waals surface area contributed by atoms with Gasteiger partial charge in [-0.3, -0.25) is 9.59 Å². The molecule has 0 aliphatic rings. The predicted octanol–water partition coefficient (Wildman–Crippen LogP) is 2.73. The summed E-state index contributed by atoms with van der Waals surface area (Å²) < 4.78 is 29.1. The van der Waals surface area contributed by atoms with Crippen LogP contribution in [0.3, 0.4) is 0 Å². The lowest BCUT2D eigenvalue weighted by Gasteiger charge is -2.21. The van der Waals surface area contributed by atoms with Gasteiger partial charge in [0.2, 0.25) is 5.91 Å². The van der Waals surface area contributed by atoms with Gasteiger partial charge in [0.25, 0.3) is 0 Å². The van der Waals surface area contributed by atoms with Crippen LogP contribution in [0.4, 0.5) is 4.39 Å². The predicted molar refractivity (Wildman–Crippen MR) is 99.3 cm³/mol. The lowest BCUT2D eigenvalue weighted by molar-refractivity contribution is -0.137. The zero-order valence-electron chi connectivity index (χ0n) is 15.8. The lowest BCUT2D eigenvalue weighted by Crippen LogP contribution is -2.31. The Labute approximate surface area is 162 Å². The monoisotopic (exact) mass is 391 g/mol. The molecule has 8 heteroatoms. The van der Waals surface area contributed by atoms with Gasteiger partial charge in [-0.15, -0.1) is 0 Å². The second-order valence-corrected chi connectivity index (χ2v) is 5.96. The van der Waals surface area contributed by atoms with Gasteiger partial charge in [-0.2, -0.15) is 0 Å². The minimum Gasteiger partial charge on any atom is -0.497 e. The summed E-state index contributed by atoms with van der Waals surface area (Å²) in [4.78, 5) is 23.8. The topological polar surface area (TPSA) is 94.1 Å². The van der Waals surface area contributed by atoms with Gasteiger partial charge in [0, 0.05) is 17.2 Å². The number of ether oxygens (including phenoxy) is 3. The third-order valence-corrected chi connectivity index (χ3v) is 4.12. The molecule has 2 rings (SSSR count). The van der Waals surface area contributed by atoms with Crippen LogP contribution < -0.4 is 19.5 Å². The van der Waals surface area contributed by atoms with Crippen molar-refractivity contribution in [3.63, 3.8) is 0 Å². The van der Waals surface area contributed by atoms with Gasteiger partial charge in [0.05, 0.1) is 40.2 Å². The van der Waals surface area contributed by atoms with Crippen LogP contribution in [0.2, 0.25) is 0 Å². The van der Waals surface area contributed by atoms with Crippen molar-refractivity contribution >= 4 is 11.9 Å². The van der Waals surface area contributed by atoms with E-state index in [1.54, 1.807) is 18.2 Å². The molecule has 0 saturated carbocycles. The van der Waals surface area contributed by atoms with Crippen molar-refractivity contribution in [1.82, 2.24) is 5.32 Å². The van der Waals surface area contributed by atoms with Crippen molar-refractivity contribution in [2.75, 3.05) is 21.3 Å². The van der Waals surface area contributed by atoms with Crippen molar-refractivity contribution < 1.29 is 33.3 Å². The highest BCUT2D eigenvalue weighted by Gasteiger charge is 2.23. The molecule has 1 atom stereocenters. The number of carboxylic acids is 1. The fraction of sp³-hybridized carbons (Fsp3) is 0.300. The third kappa shape index (κ3) is 5.35. The summed E-state index contributed by atoms with van der Waals surface area (Å²) >= 11 is 0. The summed E-state index contributed by atoms with van der Waals surface area (Å²) in [7, 11) is 4.36. The summed E-state index contributed by atoms with van der Waals surface area (Å²) in [6.07, 6.45) is -0.524. The molecule has 0 aliphatic carbocycles. The number of carbonyl (C=O) groups excluding carboxylic acids is 1. The van der Waals surface area contributed by atoms with Gasteiger partial charge >= 0.3 is 5.97 Å². The number of rotatable bonds is 9. The highest BCUT2D eigenvalue weighted by atomic mass is 19.1. The van der Waals surface area contributed by atoms with Crippen LogP contribution in [0.15, 0.2) is 36.4 Å². The Morgan fingerprint density at radius 2 is 1.75 bits per heavy atom. The smallest absolute Gasteiger partial charge is 0.305 e. The van der Waals surface area contributed by atoms with Crippen molar-refractivity contribution in [2.45, 2.75) is 18.9 Å². The second-order valence-electron chi connectivity index (χ2n) is 5.96. The first-order valence-corrected chi connectivity index (χ1v) is 8.43. The summed E-state index contributed by atoms with van der Waals surface area (Å²) in [5.74, 6) is -0.782. The Kier molecular flexibility index (Phi) is 7.20. The van der Waals surface area contributed by atoms with Gasteiger partial charge in [0.1, 0.15) is 23.1 Å². The van der Waals surface area contributed by atoms with Crippen LogP contribution >= 0.6 is 0 Å². The SMILES string of the molecule is COc1ccc(C(CC(=O)O)NC(=O)Cc2cc(F)ccc2OC)c(OC)c1. The van der Waals surface area contributed by atoms with Gasteiger partial charge in [0.15, 0.2) is 0 Å². The number of carbonyl (C=O) groups is 2. The number of amides is 1. The molecule has 28 heavy (non-hydrogen) atoms. The summed E-state index contributed by atoms with van der Waals surface area (Å²) in [5, 5.41) is 11.9. The van der Waals surface area contributed by atoms with Gasteiger partial charge in [-0.1, -0.05) is 0 Å². The molecule has 2 aromatic carbocycles. The fourth-order valence-electron chi connectivity index (χ4n) is 2.82. The minimum absolute atomic E-state index is 0.171. The average molecular weight is 391 g/mol. The van der Waals surface area contributed by atoms with E-state index in [0.29, 0.717) is 28.4 Å². The average Bonchev–Trinajstić information content (AvgIpc) is 2.66. The normalized spacial score (nSPS) is 11.4. The van der Waals surface area contributed by atoms with E-state index < -0.39 is 23.7 Å². The number of carboxylic acid groups (broad SMARTS) is 1. The molecule has 0 fully saturated rings. The number of nitrogens with one attached hydrogen (secondary N) is 1. The Morgan fingerprint density at radius 1 is 1.04 bits per heavy atom. The fourth-order valence-corrected chi connectivity index (χ4v) is 2.82. The van der Waals surface area contributed by atoms with Crippen molar-refractivity contribution in [1.29, 1.82) is 0 Å². The first kappa shape index (κ1) is 21.0. The summed E-state index contributed by atoms with van der Waals surface area (Å²) in [6, 6.07) is 7.91. The molecule has 0 aliphatic heterocycles. The maximum atomic E-state index is 13.5. The Bertz CT molecular complexity index is 855. The number of hydrogen-bond acceptors (Lipinski definition) is 5. The molecule has 7 nitrogen and oxygen atoms in total. The second kappa shape index (κ2) is 9.59. The van der Waals surface area contributed by atoms with Crippen molar-refractivity contribution in [3.8, 4) is 17.2 Å². The Morgan fingerprint density at radius 3 is 2.36 bits per heavy atom. The van der Waals surface area contributed by atoms with E-state index in [9.17, 15) is 19.1 Å². The number of methoxy groups -OCH3 is 3. The van der Waals surface area contributed by atoms with Crippen LogP contribution in [0.1, 0.15) is 23.6 Å². The number of benzene rings is 2. The van der Waals surface area contributed by atoms with Gasteiger partial charge < -0.3 is 24.6 Å². The van der Waals surface area contributed by atoms with Crippen molar-refractivity contribution in [3.05, 3.63) is 53.3 Å². The maximum Gasteiger partial charge on any atom is 0.305 e. The number of hydrogen-bond donors (Lipinski definition) is 2. The number of halogens is 1. The van der Waals surface area contributed by atoms with E-state index in [0.717, 1.165) is 0 Å². The molecule has 0 aromatic heterocycles. The molecule has 1 unspecified atom stereocenters. The largest absolute Gasteiger partial charge is 0.497 e. The summed E-state index contributed by atoms with van der Waals surface area (Å²) in [6.45, 7) is 0. The van der Waals surface area contributed by atoms with Crippen LogP contribution in [0, 0.1) is 5.82 Å². The molecule has 2 N–H and O–H groups in total. The van der Waals surface area contributed by atoms with Crippen molar-refractivity contribution in [2.24, 2.45) is 0 Å². The van der Waals surface area contributed by atoms with E-state index in [-0.39, 0.29) is 12.8 Å². The zero-order valence-corrected chi connectivity index (χ0v) is 15.8. The Hall–Kier alpha value is -3.29. The van der Waals surface area contributed by atoms with E-state index >= 15 is 0 Å². The first-order valence-electron chi connectivity index (χ1n) is 8.43. The zero-order chi connectivity index (χ0) is 20.7. The molecule has 2 aromatic rings. The quantitative estimate of drug-likeness (QED) is 0.683. The molecule has 0 radical (unpaired) electrons. The van der Waals surface area contributed by atoms with E-state index in [2.05, 4.69) is 5.32 Å². The minimum atomic E-state index is -1.09. The molecule has 0 saturated heterocycles.